The summed E-state index contributed by atoms with van der Waals surface area (Å²) in [5.41, 5.74) is 3.49. The first-order valence-corrected chi connectivity index (χ1v) is 12.3. The number of aliphatic carboxylic acids is 1. The van der Waals surface area contributed by atoms with E-state index >= 15 is 0 Å². The summed E-state index contributed by atoms with van der Waals surface area (Å²) in [7, 11) is 0. The normalized spacial score (nSPS) is 25.1. The Kier molecular flexibility index (Phi) is 5.61. The Morgan fingerprint density at radius 1 is 1.03 bits per heavy atom. The second-order valence-corrected chi connectivity index (χ2v) is 11.3. The third-order valence-corrected chi connectivity index (χ3v) is 7.92. The number of carbonyl (C=O) groups excluding carboxylic acids is 2. The monoisotopic (exact) mass is 476 g/mol. The molecule has 3 unspecified atom stereocenters. The van der Waals surface area contributed by atoms with Gasteiger partial charge in [-0.3, -0.25) is 4.79 Å². The number of carboxylic acids is 1. The molecule has 35 heavy (non-hydrogen) atoms. The van der Waals surface area contributed by atoms with Gasteiger partial charge in [-0.15, -0.1) is 0 Å². The summed E-state index contributed by atoms with van der Waals surface area (Å²) in [6, 6.07) is 15.3. The lowest BCUT2D eigenvalue weighted by molar-refractivity contribution is -0.146. The molecule has 2 saturated carbocycles. The van der Waals surface area contributed by atoms with Crippen molar-refractivity contribution in [2.45, 2.75) is 58.0 Å². The number of benzene rings is 2. The Morgan fingerprint density at radius 3 is 2.20 bits per heavy atom. The predicted octanol–water partition coefficient (Wildman–Crippen LogP) is 4.31. The minimum atomic E-state index is -1.04. The first kappa shape index (κ1) is 23.4. The van der Waals surface area contributed by atoms with Crippen LogP contribution in [0.4, 0.5) is 4.79 Å². The van der Waals surface area contributed by atoms with Gasteiger partial charge in [0.05, 0.1) is 5.41 Å². The summed E-state index contributed by atoms with van der Waals surface area (Å²) >= 11 is 0. The number of hydrogen-bond acceptors (Lipinski definition) is 4. The predicted molar refractivity (Wildman–Crippen MR) is 131 cm³/mol. The highest BCUT2D eigenvalue weighted by atomic mass is 16.5. The fourth-order valence-electron chi connectivity index (χ4n) is 6.02. The number of rotatable bonds is 6. The van der Waals surface area contributed by atoms with E-state index in [1.807, 2.05) is 24.3 Å². The molecular formula is C28H32N2O5. The fraction of sp³-hybridized carbons (Fsp3) is 0.464. The minimum Gasteiger partial charge on any atom is -0.480 e. The van der Waals surface area contributed by atoms with Gasteiger partial charge in [0.2, 0.25) is 5.91 Å². The molecule has 7 nitrogen and oxygen atoms in total. The summed E-state index contributed by atoms with van der Waals surface area (Å²) in [6.07, 6.45) is 1.46. The van der Waals surface area contributed by atoms with Crippen LogP contribution in [-0.4, -0.2) is 41.8 Å². The van der Waals surface area contributed by atoms with Gasteiger partial charge in [0.25, 0.3) is 0 Å². The van der Waals surface area contributed by atoms with Crippen molar-refractivity contribution in [3.8, 4) is 11.1 Å². The number of nitrogens with one attached hydrogen (secondary N) is 2. The topological polar surface area (TPSA) is 105 Å². The van der Waals surface area contributed by atoms with Crippen molar-refractivity contribution in [3.05, 3.63) is 59.7 Å². The highest BCUT2D eigenvalue weighted by molar-refractivity contribution is 5.90. The molecule has 184 valence electrons. The Bertz CT molecular complexity index is 1140. The van der Waals surface area contributed by atoms with Crippen LogP contribution in [0.15, 0.2) is 48.5 Å². The first-order chi connectivity index (χ1) is 16.6. The van der Waals surface area contributed by atoms with Gasteiger partial charge in [0, 0.05) is 12.0 Å². The van der Waals surface area contributed by atoms with Gasteiger partial charge in [-0.1, -0.05) is 69.3 Å². The SMILES string of the molecule is CC(C)(C)[C@H](NC(=O)C12CC(NC(=O)OCC3c4ccccc4-c4ccccc43)CC1C2)C(=O)O. The maximum atomic E-state index is 13.0. The van der Waals surface area contributed by atoms with Crippen LogP contribution in [0.2, 0.25) is 0 Å². The first-order valence-electron chi connectivity index (χ1n) is 12.3. The molecule has 0 radical (unpaired) electrons. The van der Waals surface area contributed by atoms with Gasteiger partial charge in [0.15, 0.2) is 0 Å². The molecule has 0 saturated heterocycles. The molecule has 0 heterocycles. The number of ether oxygens (including phenoxy) is 1. The van der Waals surface area contributed by atoms with Crippen molar-refractivity contribution in [3.63, 3.8) is 0 Å². The van der Waals surface area contributed by atoms with Crippen LogP contribution in [-0.2, 0) is 14.3 Å². The molecule has 0 bridgehead atoms. The maximum absolute atomic E-state index is 13.0. The van der Waals surface area contributed by atoms with Gasteiger partial charge in [0.1, 0.15) is 12.6 Å². The maximum Gasteiger partial charge on any atom is 0.407 e. The summed E-state index contributed by atoms with van der Waals surface area (Å²) in [4.78, 5) is 37.3. The van der Waals surface area contributed by atoms with Crippen molar-refractivity contribution in [1.82, 2.24) is 10.6 Å². The third kappa shape index (κ3) is 4.17. The second kappa shape index (κ2) is 8.40. The minimum absolute atomic E-state index is 0.00685. The number of amides is 2. The Hall–Kier alpha value is -3.35. The van der Waals surface area contributed by atoms with E-state index in [4.69, 9.17) is 4.74 Å². The van der Waals surface area contributed by atoms with Crippen LogP contribution in [0.25, 0.3) is 11.1 Å². The smallest absolute Gasteiger partial charge is 0.407 e. The van der Waals surface area contributed by atoms with E-state index in [-0.39, 0.29) is 30.4 Å². The average molecular weight is 477 g/mol. The zero-order valence-corrected chi connectivity index (χ0v) is 20.3. The van der Waals surface area contributed by atoms with Gasteiger partial charge in [-0.25, -0.2) is 9.59 Å². The van der Waals surface area contributed by atoms with E-state index < -0.39 is 28.9 Å². The molecule has 0 aliphatic heterocycles. The van der Waals surface area contributed by atoms with E-state index in [9.17, 15) is 19.5 Å². The van der Waals surface area contributed by atoms with Crippen LogP contribution in [0.3, 0.4) is 0 Å². The Labute approximate surface area is 205 Å². The van der Waals surface area contributed by atoms with E-state index in [1.165, 1.54) is 11.1 Å². The van der Waals surface area contributed by atoms with Crippen LogP contribution in [0.1, 0.15) is 57.1 Å². The fourth-order valence-corrected chi connectivity index (χ4v) is 6.02. The molecule has 3 N–H and O–H groups in total. The van der Waals surface area contributed by atoms with E-state index in [1.54, 1.807) is 20.8 Å². The highest BCUT2D eigenvalue weighted by Crippen LogP contribution is 2.63. The van der Waals surface area contributed by atoms with Crippen molar-refractivity contribution >= 4 is 18.0 Å². The van der Waals surface area contributed by atoms with E-state index in [0.717, 1.165) is 17.5 Å². The molecule has 0 spiro atoms. The van der Waals surface area contributed by atoms with Crippen molar-refractivity contribution < 1.29 is 24.2 Å². The molecule has 0 aromatic heterocycles. The van der Waals surface area contributed by atoms with Gasteiger partial charge in [-0.05, 0) is 52.8 Å². The quantitative estimate of drug-likeness (QED) is 0.576. The van der Waals surface area contributed by atoms with E-state index in [2.05, 4.69) is 34.9 Å². The largest absolute Gasteiger partial charge is 0.480 e. The summed E-state index contributed by atoms with van der Waals surface area (Å²) in [5.74, 6) is -1.10. The van der Waals surface area contributed by atoms with Crippen LogP contribution >= 0.6 is 0 Å². The lowest BCUT2D eigenvalue weighted by Crippen LogP contribution is -2.51. The Balaban J connectivity index is 1.18. The molecular weight excluding hydrogens is 444 g/mol. The number of carbonyl (C=O) groups is 3. The average Bonchev–Trinajstić information content (AvgIpc) is 3.23. The molecule has 5 rings (SSSR count). The van der Waals surface area contributed by atoms with Gasteiger partial charge >= 0.3 is 12.1 Å². The van der Waals surface area contributed by atoms with Crippen molar-refractivity contribution in [2.24, 2.45) is 16.7 Å². The molecule has 3 aliphatic rings. The standard InChI is InChI=1S/C28H32N2O5/c1-27(2,3)23(24(31)32)30-25(33)28-13-16(28)12-17(14-28)29-26(34)35-15-22-20-10-6-4-8-18(20)19-9-5-7-11-21(19)22/h4-11,16-17,22-23H,12-15H2,1-3H3,(H,29,34)(H,30,33)(H,31,32)/t16?,17?,23-,28?/m1/s1. The van der Waals surface area contributed by atoms with Crippen molar-refractivity contribution in [1.29, 1.82) is 0 Å². The summed E-state index contributed by atoms with van der Waals surface area (Å²) in [5, 5.41) is 15.2. The second-order valence-electron chi connectivity index (χ2n) is 11.3. The molecule has 2 aromatic carbocycles. The lowest BCUT2D eigenvalue weighted by atomic mass is 9.86. The van der Waals surface area contributed by atoms with E-state index in [0.29, 0.717) is 12.8 Å². The molecule has 3 aliphatic carbocycles. The third-order valence-electron chi connectivity index (χ3n) is 7.92. The van der Waals surface area contributed by atoms with Crippen LogP contribution < -0.4 is 10.6 Å². The molecule has 2 amide bonds. The van der Waals surface area contributed by atoms with Crippen LogP contribution in [0, 0.1) is 16.7 Å². The lowest BCUT2D eigenvalue weighted by Gasteiger charge is -2.29. The van der Waals surface area contributed by atoms with Gasteiger partial charge < -0.3 is 20.5 Å². The van der Waals surface area contributed by atoms with Gasteiger partial charge in [-0.2, -0.15) is 0 Å². The molecule has 4 atom stereocenters. The summed E-state index contributed by atoms with van der Waals surface area (Å²) in [6.45, 7) is 5.63. The van der Waals surface area contributed by atoms with Crippen LogP contribution in [0.5, 0.6) is 0 Å². The molecule has 7 heteroatoms. The van der Waals surface area contributed by atoms with Crippen molar-refractivity contribution in [2.75, 3.05) is 6.61 Å². The Morgan fingerprint density at radius 2 is 1.63 bits per heavy atom. The number of alkyl carbamates (subject to hydrolysis) is 1. The number of carboxylic acid groups (broad SMARTS) is 1. The number of hydrogen-bond donors (Lipinski definition) is 3. The summed E-state index contributed by atoms with van der Waals surface area (Å²) < 4.78 is 5.66. The molecule has 2 aromatic rings. The zero-order chi connectivity index (χ0) is 25.0. The highest BCUT2D eigenvalue weighted by Gasteiger charge is 2.65. The molecule has 2 fully saturated rings. The zero-order valence-electron chi connectivity index (χ0n) is 20.3. The number of fused-ring (bicyclic) bond motifs is 4.